The van der Waals surface area contributed by atoms with Gasteiger partial charge in [-0.05, 0) is 56.6 Å². The Morgan fingerprint density at radius 1 is 1.11 bits per heavy atom. The van der Waals surface area contributed by atoms with Crippen molar-refractivity contribution in [3.05, 3.63) is 23.8 Å². The van der Waals surface area contributed by atoms with Crippen LogP contribution in [0.4, 0.5) is 0 Å². The first-order valence-electron chi connectivity index (χ1n) is 13.0. The van der Waals surface area contributed by atoms with Gasteiger partial charge in [0.2, 0.25) is 5.78 Å². The van der Waals surface area contributed by atoms with Gasteiger partial charge in [0, 0.05) is 29.6 Å². The number of hydrogen-bond acceptors (Lipinski definition) is 7. The summed E-state index contributed by atoms with van der Waals surface area (Å²) < 4.78 is 18.0. The summed E-state index contributed by atoms with van der Waals surface area (Å²) >= 11 is 0. The number of hydrogen-bond donors (Lipinski definition) is 0. The minimum Gasteiger partial charge on any atom is -0.457 e. The van der Waals surface area contributed by atoms with Gasteiger partial charge in [-0.15, -0.1) is 0 Å². The Morgan fingerprint density at radius 2 is 1.83 bits per heavy atom. The fraction of sp³-hybridized carbons (Fsp3) is 0.714. The van der Waals surface area contributed by atoms with Crippen LogP contribution in [0.5, 0.6) is 0 Å². The van der Waals surface area contributed by atoms with Crippen LogP contribution in [0.3, 0.4) is 0 Å². The highest BCUT2D eigenvalue weighted by atomic mass is 16.6. The number of allylic oxidation sites excluding steroid dienone is 2. The highest BCUT2D eigenvalue weighted by Gasteiger charge is 2.83. The summed E-state index contributed by atoms with van der Waals surface area (Å²) in [7, 11) is 0. The Hall–Kier alpha value is -2.28. The number of ketones is 2. The number of carbonyl (C=O) groups excluding carboxylic acids is 4. The van der Waals surface area contributed by atoms with E-state index in [2.05, 4.69) is 13.8 Å². The highest BCUT2D eigenvalue weighted by molar-refractivity contribution is 6.01. The second-order valence-corrected chi connectivity index (χ2v) is 11.5. The molecule has 190 valence electrons. The predicted octanol–water partition coefficient (Wildman–Crippen LogP) is 3.89. The van der Waals surface area contributed by atoms with Gasteiger partial charge >= 0.3 is 11.9 Å². The molecule has 0 N–H and O–H groups in total. The molecule has 0 aromatic rings. The van der Waals surface area contributed by atoms with Crippen molar-refractivity contribution in [2.75, 3.05) is 6.61 Å². The van der Waals surface area contributed by atoms with Gasteiger partial charge < -0.3 is 14.2 Å². The molecule has 35 heavy (non-hydrogen) atoms. The van der Waals surface area contributed by atoms with Crippen LogP contribution in [-0.4, -0.2) is 47.4 Å². The number of ether oxygens (including phenoxy) is 3. The zero-order valence-corrected chi connectivity index (χ0v) is 21.3. The number of fused-ring (bicyclic) bond motifs is 3. The average Bonchev–Trinajstić information content (AvgIpc) is 3.50. The Labute approximate surface area is 206 Å². The molecule has 0 aromatic carbocycles. The van der Waals surface area contributed by atoms with E-state index in [9.17, 15) is 19.2 Å². The van der Waals surface area contributed by atoms with Crippen molar-refractivity contribution < 1.29 is 33.4 Å². The molecule has 5 rings (SSSR count). The topological polar surface area (TPSA) is 99.3 Å². The standard InChI is InChI=1S/C28H36O7/c1-6-23(31)33-15-21(30)27(35-24(32)7-2)16(3)12-20-19-9-8-17-13-18(29)10-11-25(17,4)28(19)22(34-28)14-26(20,27)5/h10-11,13,16,19-20,22H,6-9,12,14-15H2,1-5H3/t16-,19+,20+,22+,25+,26+,27+,28-/m1/s1. The number of esters is 2. The first kappa shape index (κ1) is 24.4. The quantitative estimate of drug-likeness (QED) is 0.417. The van der Waals surface area contributed by atoms with Crippen LogP contribution < -0.4 is 0 Å². The average molecular weight is 485 g/mol. The van der Waals surface area contributed by atoms with Crippen molar-refractivity contribution in [1.29, 1.82) is 0 Å². The Bertz CT molecular complexity index is 1060. The minimum atomic E-state index is -1.37. The molecule has 0 unspecified atom stereocenters. The van der Waals surface area contributed by atoms with Crippen LogP contribution in [0, 0.1) is 28.6 Å². The van der Waals surface area contributed by atoms with Gasteiger partial charge in [0.15, 0.2) is 18.0 Å². The Kier molecular flexibility index (Phi) is 5.48. The fourth-order valence-electron chi connectivity index (χ4n) is 8.44. The lowest BCUT2D eigenvalue weighted by molar-refractivity contribution is -0.194. The van der Waals surface area contributed by atoms with E-state index in [0.717, 1.165) is 24.8 Å². The van der Waals surface area contributed by atoms with Gasteiger partial charge in [0.25, 0.3) is 0 Å². The van der Waals surface area contributed by atoms with Gasteiger partial charge in [-0.1, -0.05) is 39.3 Å². The van der Waals surface area contributed by atoms with Gasteiger partial charge in [0.05, 0.1) is 6.10 Å². The molecule has 0 radical (unpaired) electrons. The number of Topliss-reactive ketones (excluding diaryl/α,β-unsaturated/α-hetero) is 1. The Balaban J connectivity index is 1.55. The van der Waals surface area contributed by atoms with Gasteiger partial charge in [-0.3, -0.25) is 19.2 Å². The van der Waals surface area contributed by atoms with Crippen LogP contribution in [0.2, 0.25) is 0 Å². The molecule has 1 saturated heterocycles. The Morgan fingerprint density at radius 3 is 2.51 bits per heavy atom. The number of epoxide rings is 1. The predicted molar refractivity (Wildman–Crippen MR) is 126 cm³/mol. The summed E-state index contributed by atoms with van der Waals surface area (Å²) in [5.74, 6) is -1.14. The van der Waals surface area contributed by atoms with E-state index in [4.69, 9.17) is 14.2 Å². The van der Waals surface area contributed by atoms with E-state index in [0.29, 0.717) is 6.42 Å². The van der Waals surface area contributed by atoms with Crippen LogP contribution in [0.15, 0.2) is 23.8 Å². The number of rotatable bonds is 6. The van der Waals surface area contributed by atoms with Crippen LogP contribution >= 0.6 is 0 Å². The third-order valence-corrected chi connectivity index (χ3v) is 10.1. The van der Waals surface area contributed by atoms with E-state index in [1.807, 2.05) is 13.0 Å². The third-order valence-electron chi connectivity index (χ3n) is 10.1. The van der Waals surface area contributed by atoms with Crippen molar-refractivity contribution in [1.82, 2.24) is 0 Å². The SMILES string of the molecule is CCC(=O)OCC(=O)[C@@]1(OC(=O)CC)[C@H](C)C[C@H]2[C@@H]3CCC4=CC(=O)C=C[C@]4(C)[C@@]34O[C@H]4C[C@@]21C. The number of carbonyl (C=O) groups is 4. The second kappa shape index (κ2) is 7.86. The summed E-state index contributed by atoms with van der Waals surface area (Å²) in [6.07, 6.45) is 8.66. The van der Waals surface area contributed by atoms with E-state index >= 15 is 0 Å². The molecule has 1 heterocycles. The van der Waals surface area contributed by atoms with Crippen molar-refractivity contribution in [2.24, 2.45) is 28.6 Å². The van der Waals surface area contributed by atoms with Crippen molar-refractivity contribution in [3.8, 4) is 0 Å². The van der Waals surface area contributed by atoms with E-state index < -0.39 is 35.2 Å². The lowest BCUT2D eigenvalue weighted by Gasteiger charge is -2.56. The van der Waals surface area contributed by atoms with Gasteiger partial charge in [0.1, 0.15) is 5.60 Å². The van der Waals surface area contributed by atoms with Gasteiger partial charge in [-0.2, -0.15) is 0 Å². The molecule has 7 nitrogen and oxygen atoms in total. The maximum absolute atomic E-state index is 13.9. The van der Waals surface area contributed by atoms with E-state index in [1.165, 1.54) is 0 Å². The largest absolute Gasteiger partial charge is 0.457 e. The normalized spacial score (nSPS) is 44.8. The molecule has 3 saturated carbocycles. The summed E-state index contributed by atoms with van der Waals surface area (Å²) in [5.41, 5.74) is -1.64. The van der Waals surface area contributed by atoms with Crippen molar-refractivity contribution >= 4 is 23.5 Å². The molecule has 1 spiro atoms. The smallest absolute Gasteiger partial charge is 0.306 e. The molecule has 0 aromatic heterocycles. The van der Waals surface area contributed by atoms with Gasteiger partial charge in [-0.25, -0.2) is 0 Å². The summed E-state index contributed by atoms with van der Waals surface area (Å²) in [4.78, 5) is 50.5. The maximum Gasteiger partial charge on any atom is 0.306 e. The summed E-state index contributed by atoms with van der Waals surface area (Å²) in [6, 6.07) is 0. The zero-order chi connectivity index (χ0) is 25.4. The summed E-state index contributed by atoms with van der Waals surface area (Å²) in [5, 5.41) is 0. The van der Waals surface area contributed by atoms with Crippen molar-refractivity contribution in [3.63, 3.8) is 0 Å². The molecule has 5 aliphatic rings. The molecule has 1 aliphatic heterocycles. The monoisotopic (exact) mass is 484 g/mol. The molecule has 4 aliphatic carbocycles. The zero-order valence-electron chi connectivity index (χ0n) is 21.3. The third kappa shape index (κ3) is 3.00. The van der Waals surface area contributed by atoms with E-state index in [1.54, 1.807) is 26.0 Å². The minimum absolute atomic E-state index is 0.0254. The van der Waals surface area contributed by atoms with Crippen LogP contribution in [0.25, 0.3) is 0 Å². The maximum atomic E-state index is 13.9. The first-order chi connectivity index (χ1) is 16.5. The molecule has 0 amide bonds. The summed E-state index contributed by atoms with van der Waals surface area (Å²) in [6.45, 7) is 9.24. The van der Waals surface area contributed by atoms with Crippen LogP contribution in [-0.2, 0) is 33.4 Å². The molecule has 8 atom stereocenters. The molecular formula is C28H36O7. The molecular weight excluding hydrogens is 448 g/mol. The molecule has 4 fully saturated rings. The van der Waals surface area contributed by atoms with E-state index in [-0.39, 0.29) is 53.7 Å². The fourth-order valence-corrected chi connectivity index (χ4v) is 8.44. The van der Waals surface area contributed by atoms with Crippen LogP contribution in [0.1, 0.15) is 73.1 Å². The molecule has 7 heteroatoms. The lowest BCUT2D eigenvalue weighted by atomic mass is 9.46. The lowest BCUT2D eigenvalue weighted by Crippen LogP contribution is -2.63. The molecule has 0 bridgehead atoms. The second-order valence-electron chi connectivity index (χ2n) is 11.5. The first-order valence-corrected chi connectivity index (χ1v) is 13.0. The highest BCUT2D eigenvalue weighted by Crippen LogP contribution is 2.77. The van der Waals surface area contributed by atoms with Crippen molar-refractivity contribution in [2.45, 2.75) is 90.4 Å².